The summed E-state index contributed by atoms with van der Waals surface area (Å²) in [4.78, 5) is 22.8. The highest BCUT2D eigenvalue weighted by Crippen LogP contribution is 2.13. The van der Waals surface area contributed by atoms with Gasteiger partial charge in [0.15, 0.2) is 5.70 Å². The van der Waals surface area contributed by atoms with Crippen LogP contribution in [0.5, 0.6) is 0 Å². The van der Waals surface area contributed by atoms with Crippen molar-refractivity contribution in [1.82, 2.24) is 5.32 Å². The topological polar surface area (TPSA) is 64.6 Å². The molecule has 5 nitrogen and oxygen atoms in total. The fraction of sp³-hybridized carbons (Fsp3) is 0.286. The molecule has 0 saturated carbocycles. The summed E-state index contributed by atoms with van der Waals surface area (Å²) < 4.78 is 23.2. The lowest BCUT2D eigenvalue weighted by molar-refractivity contribution is -0.139. The monoisotopic (exact) mass is 281 g/mol. The number of esters is 1. The van der Waals surface area contributed by atoms with E-state index in [2.05, 4.69) is 4.74 Å². The van der Waals surface area contributed by atoms with Gasteiger partial charge in [0, 0.05) is 6.42 Å². The number of hydrogen-bond acceptors (Lipinski definition) is 4. The Kier molecular flexibility index (Phi) is 6.22. The number of amides is 1. The Bertz CT molecular complexity index is 499. The van der Waals surface area contributed by atoms with Gasteiger partial charge in [-0.15, -0.1) is 0 Å². The number of carbonyl (C=O) groups excluding carboxylic acids is 2. The van der Waals surface area contributed by atoms with E-state index in [-0.39, 0.29) is 13.0 Å². The van der Waals surface area contributed by atoms with Crippen molar-refractivity contribution >= 4 is 12.1 Å². The maximum absolute atomic E-state index is 14.1. The molecule has 6 heteroatoms. The summed E-state index contributed by atoms with van der Waals surface area (Å²) in [7, 11) is 1.12. The van der Waals surface area contributed by atoms with E-state index in [9.17, 15) is 14.0 Å². The maximum Gasteiger partial charge on any atom is 0.411 e. The van der Waals surface area contributed by atoms with Crippen LogP contribution in [-0.2, 0) is 20.7 Å². The molecule has 0 bridgehead atoms. The molecule has 1 aromatic carbocycles. The van der Waals surface area contributed by atoms with E-state index in [0.717, 1.165) is 7.11 Å². The first kappa shape index (κ1) is 15.7. The van der Waals surface area contributed by atoms with Gasteiger partial charge in [0.25, 0.3) is 0 Å². The van der Waals surface area contributed by atoms with Crippen molar-refractivity contribution in [1.29, 1.82) is 0 Å². The third-order valence-electron chi connectivity index (χ3n) is 2.37. The molecule has 1 N–H and O–H groups in total. The third-order valence-corrected chi connectivity index (χ3v) is 2.37. The number of rotatable bonds is 5. The lowest BCUT2D eigenvalue weighted by Crippen LogP contribution is -2.29. The zero-order valence-electron chi connectivity index (χ0n) is 11.3. The Hall–Kier alpha value is -2.37. The molecule has 1 amide bonds. The van der Waals surface area contributed by atoms with E-state index in [1.54, 1.807) is 37.3 Å². The van der Waals surface area contributed by atoms with Crippen molar-refractivity contribution in [3.05, 3.63) is 47.4 Å². The summed E-state index contributed by atoms with van der Waals surface area (Å²) in [6.07, 6.45) is -1.06. The molecule has 0 spiro atoms. The molecule has 0 aliphatic rings. The molecular weight excluding hydrogens is 265 g/mol. The molecule has 20 heavy (non-hydrogen) atoms. The van der Waals surface area contributed by atoms with Gasteiger partial charge in [-0.3, -0.25) is 5.32 Å². The number of carbonyl (C=O) groups is 2. The molecule has 0 aliphatic carbocycles. The Balaban J connectivity index is 2.96. The van der Waals surface area contributed by atoms with Gasteiger partial charge in [0.2, 0.25) is 0 Å². The Morgan fingerprint density at radius 1 is 1.25 bits per heavy atom. The Morgan fingerprint density at radius 2 is 1.90 bits per heavy atom. The van der Waals surface area contributed by atoms with Gasteiger partial charge in [0.05, 0.1) is 13.7 Å². The minimum atomic E-state index is -0.939. The zero-order chi connectivity index (χ0) is 15.0. The van der Waals surface area contributed by atoms with E-state index >= 15 is 0 Å². The van der Waals surface area contributed by atoms with Gasteiger partial charge >= 0.3 is 12.1 Å². The molecule has 1 aromatic rings. The Labute approximate surface area is 116 Å². The summed E-state index contributed by atoms with van der Waals surface area (Å²) in [6.45, 7) is 1.66. The van der Waals surface area contributed by atoms with E-state index in [1.807, 2.05) is 5.32 Å². The van der Waals surface area contributed by atoms with Crippen molar-refractivity contribution in [3.63, 3.8) is 0 Å². The highest BCUT2D eigenvalue weighted by Gasteiger charge is 2.20. The van der Waals surface area contributed by atoms with Crippen LogP contribution in [0.2, 0.25) is 0 Å². The number of alkyl carbamates (subject to hydrolysis) is 1. The molecule has 0 aliphatic heterocycles. The molecule has 1 rings (SSSR count). The van der Waals surface area contributed by atoms with Gasteiger partial charge in [-0.2, -0.15) is 0 Å². The molecule has 0 unspecified atom stereocenters. The van der Waals surface area contributed by atoms with Crippen molar-refractivity contribution in [2.45, 2.75) is 13.3 Å². The smallest absolute Gasteiger partial charge is 0.411 e. The lowest BCUT2D eigenvalue weighted by atomic mass is 10.1. The van der Waals surface area contributed by atoms with Crippen LogP contribution in [0, 0.1) is 0 Å². The summed E-state index contributed by atoms with van der Waals surface area (Å²) in [5, 5.41) is 2.04. The van der Waals surface area contributed by atoms with E-state index in [1.165, 1.54) is 0 Å². The van der Waals surface area contributed by atoms with Crippen molar-refractivity contribution in [2.24, 2.45) is 0 Å². The standard InChI is InChI=1S/C14H16FNO4/c1-3-20-13(17)12(16-14(18)19-2)11(15)9-10-7-5-4-6-8-10/h4-8H,3,9H2,1-2H3,(H,16,18)/b12-11+. The van der Waals surface area contributed by atoms with Crippen LogP contribution in [0.25, 0.3) is 0 Å². The molecule has 0 aromatic heterocycles. The quantitative estimate of drug-likeness (QED) is 0.664. The predicted molar refractivity (Wildman–Crippen MR) is 70.5 cm³/mol. The first-order valence-corrected chi connectivity index (χ1v) is 6.03. The molecule has 0 atom stereocenters. The van der Waals surface area contributed by atoms with Crippen LogP contribution in [-0.4, -0.2) is 25.8 Å². The first-order valence-electron chi connectivity index (χ1n) is 6.03. The number of hydrogen-bond donors (Lipinski definition) is 1. The fourth-order valence-corrected chi connectivity index (χ4v) is 1.45. The second-order valence-electron chi connectivity index (χ2n) is 3.78. The molecule has 0 fully saturated rings. The first-order chi connectivity index (χ1) is 9.58. The number of methoxy groups -OCH3 is 1. The van der Waals surface area contributed by atoms with Crippen LogP contribution in [0.3, 0.4) is 0 Å². The van der Waals surface area contributed by atoms with Crippen molar-refractivity contribution in [3.8, 4) is 0 Å². The average Bonchev–Trinajstić information content (AvgIpc) is 2.45. The van der Waals surface area contributed by atoms with Crippen molar-refractivity contribution < 1.29 is 23.5 Å². The van der Waals surface area contributed by atoms with E-state index in [4.69, 9.17) is 4.74 Å². The van der Waals surface area contributed by atoms with Gasteiger partial charge in [-0.25, -0.2) is 14.0 Å². The minimum absolute atomic E-state index is 0.0732. The fourth-order valence-electron chi connectivity index (χ4n) is 1.45. The number of benzene rings is 1. The third kappa shape index (κ3) is 4.72. The van der Waals surface area contributed by atoms with Crippen LogP contribution < -0.4 is 5.32 Å². The van der Waals surface area contributed by atoms with Crippen molar-refractivity contribution in [2.75, 3.05) is 13.7 Å². The van der Waals surface area contributed by atoms with Crippen LogP contribution in [0.15, 0.2) is 41.9 Å². The number of allylic oxidation sites excluding steroid dienone is 1. The van der Waals surface area contributed by atoms with Gasteiger partial charge < -0.3 is 9.47 Å². The summed E-state index contributed by atoms with van der Waals surface area (Å²) in [5.41, 5.74) is 0.126. The minimum Gasteiger partial charge on any atom is -0.461 e. The predicted octanol–water partition coefficient (Wildman–Crippen LogP) is 2.33. The van der Waals surface area contributed by atoms with Gasteiger partial charge in [0.1, 0.15) is 5.83 Å². The van der Waals surface area contributed by atoms with Crippen LogP contribution in [0.4, 0.5) is 9.18 Å². The zero-order valence-corrected chi connectivity index (χ0v) is 11.3. The van der Waals surface area contributed by atoms with Gasteiger partial charge in [-0.05, 0) is 12.5 Å². The molecule has 0 heterocycles. The van der Waals surface area contributed by atoms with Crippen LogP contribution >= 0.6 is 0 Å². The largest absolute Gasteiger partial charge is 0.461 e. The maximum atomic E-state index is 14.1. The number of ether oxygens (including phenoxy) is 2. The van der Waals surface area contributed by atoms with E-state index in [0.29, 0.717) is 5.56 Å². The van der Waals surface area contributed by atoms with Gasteiger partial charge in [-0.1, -0.05) is 30.3 Å². The van der Waals surface area contributed by atoms with E-state index < -0.39 is 23.6 Å². The summed E-state index contributed by atoms with van der Waals surface area (Å²) in [5.74, 6) is -1.73. The Morgan fingerprint density at radius 3 is 2.45 bits per heavy atom. The second kappa shape index (κ2) is 7.93. The normalized spacial score (nSPS) is 11.3. The molecule has 0 saturated heterocycles. The second-order valence-corrected chi connectivity index (χ2v) is 3.78. The van der Waals surface area contributed by atoms with Crippen LogP contribution in [0.1, 0.15) is 12.5 Å². The molecule has 0 radical (unpaired) electrons. The summed E-state index contributed by atoms with van der Waals surface area (Å²) in [6, 6.07) is 8.71. The number of nitrogens with one attached hydrogen (secondary N) is 1. The number of halogens is 1. The highest BCUT2D eigenvalue weighted by molar-refractivity contribution is 5.92. The lowest BCUT2D eigenvalue weighted by Gasteiger charge is -2.10. The summed E-state index contributed by atoms with van der Waals surface area (Å²) >= 11 is 0. The average molecular weight is 281 g/mol. The molecule has 108 valence electrons. The highest BCUT2D eigenvalue weighted by atomic mass is 19.1. The SMILES string of the molecule is CCOC(=O)/C(NC(=O)OC)=C(\F)Cc1ccccc1. The molecular formula is C14H16FNO4.